The summed E-state index contributed by atoms with van der Waals surface area (Å²) in [6.07, 6.45) is 7.64. The number of nitrogens with zero attached hydrogens (tertiary/aromatic N) is 3. The zero-order valence-corrected chi connectivity index (χ0v) is 21.0. The standard InChI is InChI=1S/C29H37N3O3/c1-30(2)29(34)35-27-13-9-12-23-24-16-19-31(26(24)15-14-25(23)27)17-7-3-4-8-18-32-20-21-10-5-6-11-22(21)28(32)33/h5-6,9-13,24,26H,3-4,7-8,14-20H2,1-2H3/t24-,26+/m1/s1. The van der Waals surface area contributed by atoms with Crippen molar-refractivity contribution < 1.29 is 14.3 Å². The summed E-state index contributed by atoms with van der Waals surface area (Å²) in [7, 11) is 3.43. The van der Waals surface area contributed by atoms with Crippen LogP contribution in [-0.4, -0.2) is 66.5 Å². The lowest BCUT2D eigenvalue weighted by molar-refractivity contribution is 0.0775. The Kier molecular flexibility index (Phi) is 7.09. The quantitative estimate of drug-likeness (QED) is 0.501. The van der Waals surface area contributed by atoms with Crippen molar-refractivity contribution in [3.63, 3.8) is 0 Å². The van der Waals surface area contributed by atoms with E-state index in [0.717, 1.165) is 62.3 Å². The van der Waals surface area contributed by atoms with Crippen LogP contribution in [-0.2, 0) is 13.0 Å². The van der Waals surface area contributed by atoms with Crippen molar-refractivity contribution in [3.8, 4) is 5.75 Å². The Morgan fingerprint density at radius 3 is 2.60 bits per heavy atom. The minimum atomic E-state index is -0.313. The van der Waals surface area contributed by atoms with Gasteiger partial charge in [0.15, 0.2) is 0 Å². The van der Waals surface area contributed by atoms with Gasteiger partial charge in [0.1, 0.15) is 5.75 Å². The fourth-order valence-corrected chi connectivity index (χ4v) is 6.18. The maximum absolute atomic E-state index is 12.5. The number of fused-ring (bicyclic) bond motifs is 4. The number of likely N-dealkylation sites (tertiary alicyclic amines) is 1. The van der Waals surface area contributed by atoms with Crippen LogP contribution in [0.5, 0.6) is 5.75 Å². The molecule has 6 nitrogen and oxygen atoms in total. The molecule has 0 saturated carbocycles. The van der Waals surface area contributed by atoms with E-state index in [4.69, 9.17) is 4.74 Å². The topological polar surface area (TPSA) is 53.1 Å². The van der Waals surface area contributed by atoms with Gasteiger partial charge >= 0.3 is 6.09 Å². The van der Waals surface area contributed by atoms with Crippen LogP contribution in [0.15, 0.2) is 42.5 Å². The Labute approximate surface area is 208 Å². The van der Waals surface area contributed by atoms with Crippen molar-refractivity contribution in [1.82, 2.24) is 14.7 Å². The van der Waals surface area contributed by atoms with Crippen molar-refractivity contribution >= 4 is 12.0 Å². The summed E-state index contributed by atoms with van der Waals surface area (Å²) in [5.41, 5.74) is 4.65. The molecule has 1 aliphatic carbocycles. The van der Waals surface area contributed by atoms with Gasteiger partial charge in [-0.3, -0.25) is 9.69 Å². The van der Waals surface area contributed by atoms with E-state index in [9.17, 15) is 9.59 Å². The first-order valence-electron chi connectivity index (χ1n) is 13.1. The second-order valence-electron chi connectivity index (χ2n) is 10.4. The third-order valence-electron chi connectivity index (χ3n) is 8.00. The smallest absolute Gasteiger partial charge is 0.410 e. The zero-order valence-electron chi connectivity index (χ0n) is 21.0. The molecule has 1 saturated heterocycles. The lowest BCUT2D eigenvalue weighted by atomic mass is 9.79. The number of rotatable bonds is 8. The van der Waals surface area contributed by atoms with Gasteiger partial charge in [0, 0.05) is 44.7 Å². The molecule has 2 aliphatic heterocycles. The van der Waals surface area contributed by atoms with Crippen LogP contribution in [0, 0.1) is 0 Å². The monoisotopic (exact) mass is 475 g/mol. The number of ether oxygens (including phenoxy) is 1. The van der Waals surface area contributed by atoms with E-state index in [1.54, 1.807) is 14.1 Å². The van der Waals surface area contributed by atoms with Crippen LogP contribution in [0.1, 0.15) is 71.5 Å². The highest BCUT2D eigenvalue weighted by molar-refractivity contribution is 5.98. The molecule has 1 fully saturated rings. The lowest BCUT2D eigenvalue weighted by Gasteiger charge is -2.34. The van der Waals surface area contributed by atoms with Gasteiger partial charge in [0.05, 0.1) is 0 Å². The first kappa shape index (κ1) is 23.9. The summed E-state index contributed by atoms with van der Waals surface area (Å²) in [5.74, 6) is 1.47. The molecule has 0 N–H and O–H groups in total. The third kappa shape index (κ3) is 4.94. The molecule has 6 heteroatoms. The fourth-order valence-electron chi connectivity index (χ4n) is 6.18. The summed E-state index contributed by atoms with van der Waals surface area (Å²) in [4.78, 5) is 30.8. The number of carbonyl (C=O) groups is 2. The molecule has 3 aliphatic rings. The molecule has 35 heavy (non-hydrogen) atoms. The summed E-state index contributed by atoms with van der Waals surface area (Å²) in [5, 5.41) is 0. The lowest BCUT2D eigenvalue weighted by Crippen LogP contribution is -2.36. The molecule has 2 heterocycles. The molecule has 0 bridgehead atoms. The molecule has 186 valence electrons. The van der Waals surface area contributed by atoms with Crippen LogP contribution in [0.25, 0.3) is 0 Å². The average Bonchev–Trinajstić information content (AvgIpc) is 3.42. The number of benzene rings is 2. The molecule has 2 amide bonds. The normalized spacial score (nSPS) is 21.0. The third-order valence-corrected chi connectivity index (χ3v) is 8.00. The molecular weight excluding hydrogens is 438 g/mol. The molecular formula is C29H37N3O3. The van der Waals surface area contributed by atoms with Crippen molar-refractivity contribution in [2.75, 3.05) is 33.7 Å². The van der Waals surface area contributed by atoms with Crippen molar-refractivity contribution in [1.29, 1.82) is 0 Å². The number of carbonyl (C=O) groups excluding carboxylic acids is 2. The number of unbranched alkanes of at least 4 members (excludes halogenated alkanes) is 3. The van der Waals surface area contributed by atoms with Gasteiger partial charge in [-0.2, -0.15) is 0 Å². The Hall–Kier alpha value is -2.86. The highest BCUT2D eigenvalue weighted by Crippen LogP contribution is 2.44. The Balaban J connectivity index is 1.07. The SMILES string of the molecule is CN(C)C(=O)Oc1cccc2c1CC[C@H]1[C@@H]2CCN1CCCCCCN1Cc2ccccc2C1=O. The molecule has 2 aromatic carbocycles. The van der Waals surface area contributed by atoms with Crippen LogP contribution in [0.4, 0.5) is 4.79 Å². The Morgan fingerprint density at radius 1 is 1.00 bits per heavy atom. The van der Waals surface area contributed by atoms with Crippen molar-refractivity contribution in [2.45, 2.75) is 63.5 Å². The minimum absolute atomic E-state index is 0.195. The van der Waals surface area contributed by atoms with Gasteiger partial charge in [-0.15, -0.1) is 0 Å². The Morgan fingerprint density at radius 2 is 1.80 bits per heavy atom. The van der Waals surface area contributed by atoms with Gasteiger partial charge in [0.2, 0.25) is 0 Å². The van der Waals surface area contributed by atoms with Gasteiger partial charge in [-0.05, 0) is 74.0 Å². The van der Waals surface area contributed by atoms with Gasteiger partial charge in [-0.1, -0.05) is 43.2 Å². The van der Waals surface area contributed by atoms with E-state index in [2.05, 4.69) is 17.0 Å². The van der Waals surface area contributed by atoms with Crippen LogP contribution in [0.3, 0.4) is 0 Å². The largest absolute Gasteiger partial charge is 0.414 e. The maximum atomic E-state index is 12.5. The highest BCUT2D eigenvalue weighted by Gasteiger charge is 2.39. The summed E-state index contributed by atoms with van der Waals surface area (Å²) in [6.45, 7) is 3.93. The van der Waals surface area contributed by atoms with Gasteiger partial charge < -0.3 is 14.5 Å². The second-order valence-corrected chi connectivity index (χ2v) is 10.4. The number of hydrogen-bond donors (Lipinski definition) is 0. The molecule has 0 radical (unpaired) electrons. The van der Waals surface area contributed by atoms with E-state index >= 15 is 0 Å². The number of hydrogen-bond acceptors (Lipinski definition) is 4. The molecule has 0 unspecified atom stereocenters. The minimum Gasteiger partial charge on any atom is -0.410 e. The summed E-state index contributed by atoms with van der Waals surface area (Å²) in [6, 6.07) is 14.8. The molecule has 2 aromatic rings. The molecule has 0 aromatic heterocycles. The number of amides is 2. The first-order chi connectivity index (χ1) is 17.0. The highest BCUT2D eigenvalue weighted by atomic mass is 16.6. The molecule has 0 spiro atoms. The fraction of sp³-hybridized carbons (Fsp3) is 0.517. The molecule has 5 rings (SSSR count). The van der Waals surface area contributed by atoms with Crippen molar-refractivity contribution in [2.24, 2.45) is 0 Å². The predicted octanol–water partition coefficient (Wildman–Crippen LogP) is 5.07. The van der Waals surface area contributed by atoms with Crippen LogP contribution in [0.2, 0.25) is 0 Å². The predicted molar refractivity (Wildman–Crippen MR) is 137 cm³/mol. The maximum Gasteiger partial charge on any atom is 0.414 e. The van der Waals surface area contributed by atoms with Gasteiger partial charge in [0.25, 0.3) is 5.91 Å². The summed E-state index contributed by atoms with van der Waals surface area (Å²) >= 11 is 0. The Bertz CT molecular complexity index is 1080. The summed E-state index contributed by atoms with van der Waals surface area (Å²) < 4.78 is 5.66. The van der Waals surface area contributed by atoms with Gasteiger partial charge in [-0.25, -0.2) is 4.79 Å². The zero-order chi connectivity index (χ0) is 24.4. The average molecular weight is 476 g/mol. The van der Waals surface area contributed by atoms with E-state index in [1.165, 1.54) is 41.7 Å². The van der Waals surface area contributed by atoms with E-state index in [1.807, 2.05) is 35.2 Å². The molecule has 2 atom stereocenters. The van der Waals surface area contributed by atoms with Crippen LogP contribution >= 0.6 is 0 Å². The first-order valence-corrected chi connectivity index (χ1v) is 13.1. The second kappa shape index (κ2) is 10.4. The van der Waals surface area contributed by atoms with E-state index in [0.29, 0.717) is 12.0 Å². The van der Waals surface area contributed by atoms with E-state index < -0.39 is 0 Å². The van der Waals surface area contributed by atoms with Crippen molar-refractivity contribution in [3.05, 3.63) is 64.7 Å². The van der Waals surface area contributed by atoms with E-state index in [-0.39, 0.29) is 12.0 Å². The van der Waals surface area contributed by atoms with Crippen LogP contribution < -0.4 is 4.74 Å².